The first kappa shape index (κ1) is 25.9. The van der Waals surface area contributed by atoms with Crippen LogP contribution in [0.15, 0.2) is 76.6 Å². The molecule has 0 aliphatic carbocycles. The quantitative estimate of drug-likeness (QED) is 0.471. The van der Waals surface area contributed by atoms with Gasteiger partial charge in [0.25, 0.3) is 15.9 Å². The molecule has 198 valence electrons. The molecule has 0 spiro atoms. The number of sulfonamides is 1. The Labute approximate surface area is 224 Å². The minimum absolute atomic E-state index is 0.120. The number of piperazine rings is 1. The number of nitrogens with one attached hydrogen (secondary N) is 1. The summed E-state index contributed by atoms with van der Waals surface area (Å²) in [4.78, 5) is 22.0. The third-order valence-corrected chi connectivity index (χ3v) is 8.45. The Hall–Kier alpha value is -3.69. The molecule has 2 aliphatic heterocycles. The van der Waals surface area contributed by atoms with Crippen LogP contribution in [0.1, 0.15) is 27.9 Å². The molecule has 1 N–H and O–H groups in total. The molecule has 0 aromatic heterocycles. The van der Waals surface area contributed by atoms with Crippen molar-refractivity contribution >= 4 is 33.5 Å². The lowest BCUT2D eigenvalue weighted by Crippen LogP contribution is -2.49. The summed E-state index contributed by atoms with van der Waals surface area (Å²) in [6, 6.07) is 20.4. The fourth-order valence-corrected chi connectivity index (χ4v) is 6.17. The number of carbonyl (C=O) groups is 1. The van der Waals surface area contributed by atoms with E-state index in [0.29, 0.717) is 35.8 Å². The molecule has 0 atom stereocenters. The Morgan fingerprint density at radius 1 is 1.00 bits per heavy atom. The highest BCUT2D eigenvalue weighted by Crippen LogP contribution is 2.33. The van der Waals surface area contributed by atoms with Gasteiger partial charge in [-0.2, -0.15) is 0 Å². The Morgan fingerprint density at radius 2 is 1.79 bits per heavy atom. The minimum Gasteiger partial charge on any atom is -0.496 e. The van der Waals surface area contributed by atoms with E-state index in [1.807, 2.05) is 17.0 Å². The van der Waals surface area contributed by atoms with Crippen LogP contribution in [0.25, 0.3) is 0 Å². The molecular weight excluding hydrogens is 500 g/mol. The molecule has 1 amide bonds. The third kappa shape index (κ3) is 5.74. The van der Waals surface area contributed by atoms with Gasteiger partial charge in [-0.3, -0.25) is 19.4 Å². The molecule has 0 bridgehead atoms. The molecule has 5 rings (SSSR count). The topological polar surface area (TPSA) is 91.3 Å². The van der Waals surface area contributed by atoms with Gasteiger partial charge in [0.2, 0.25) is 0 Å². The van der Waals surface area contributed by atoms with E-state index in [1.54, 1.807) is 36.5 Å². The number of rotatable bonds is 8. The van der Waals surface area contributed by atoms with Crippen molar-refractivity contribution in [1.82, 2.24) is 9.80 Å². The van der Waals surface area contributed by atoms with Gasteiger partial charge in [-0.25, -0.2) is 8.42 Å². The smallest absolute Gasteiger partial charge is 0.264 e. The van der Waals surface area contributed by atoms with E-state index in [2.05, 4.69) is 38.9 Å². The van der Waals surface area contributed by atoms with E-state index in [4.69, 9.17) is 4.74 Å². The first-order chi connectivity index (χ1) is 18.4. The summed E-state index contributed by atoms with van der Waals surface area (Å²) in [6.45, 7) is 3.83. The molecule has 3 aromatic carbocycles. The summed E-state index contributed by atoms with van der Waals surface area (Å²) in [7, 11) is -2.40. The number of nitrogens with zero attached hydrogens (tertiary/aromatic N) is 3. The third-order valence-electron chi connectivity index (χ3n) is 7.04. The normalized spacial score (nSPS) is 15.7. The molecule has 2 heterocycles. The second-order valence-corrected chi connectivity index (χ2v) is 11.2. The number of carbonyl (C=O) groups excluding carboxylic acids is 1. The lowest BCUT2D eigenvalue weighted by molar-refractivity contribution is 0.0635. The number of para-hydroxylation sites is 1. The zero-order valence-electron chi connectivity index (χ0n) is 21.5. The van der Waals surface area contributed by atoms with E-state index < -0.39 is 10.0 Å². The summed E-state index contributed by atoms with van der Waals surface area (Å²) in [5.41, 5.74) is 3.43. The van der Waals surface area contributed by atoms with Crippen LogP contribution in [0, 0.1) is 0 Å². The molecule has 8 nitrogen and oxygen atoms in total. The molecule has 0 saturated carbocycles. The van der Waals surface area contributed by atoms with Gasteiger partial charge in [0, 0.05) is 45.0 Å². The summed E-state index contributed by atoms with van der Waals surface area (Å²) in [5, 5.41) is 0. The van der Waals surface area contributed by atoms with Gasteiger partial charge < -0.3 is 9.64 Å². The lowest BCUT2D eigenvalue weighted by atomic mass is 10.1. The van der Waals surface area contributed by atoms with E-state index in [1.165, 1.54) is 12.7 Å². The minimum atomic E-state index is -3.89. The van der Waals surface area contributed by atoms with Gasteiger partial charge in [-0.05, 0) is 48.6 Å². The average molecular weight is 533 g/mol. The van der Waals surface area contributed by atoms with Crippen LogP contribution in [-0.4, -0.2) is 70.2 Å². The Bertz CT molecular complexity index is 1430. The fourth-order valence-electron chi connectivity index (χ4n) is 4.93. The van der Waals surface area contributed by atoms with Crippen molar-refractivity contribution < 1.29 is 17.9 Å². The van der Waals surface area contributed by atoms with E-state index in [0.717, 1.165) is 44.5 Å². The maximum absolute atomic E-state index is 13.3. The molecular formula is C29H32N4O4S. The van der Waals surface area contributed by atoms with Crippen molar-refractivity contribution in [2.24, 2.45) is 4.99 Å². The van der Waals surface area contributed by atoms with Gasteiger partial charge >= 0.3 is 0 Å². The van der Waals surface area contributed by atoms with Crippen molar-refractivity contribution in [3.05, 3.63) is 83.4 Å². The van der Waals surface area contributed by atoms with Crippen LogP contribution in [0.3, 0.4) is 0 Å². The standard InChI is InChI=1S/C29H32N4O4S/c1-37-26-21-24(31-38(35,36)27-11-5-9-23-10-6-15-30-28(23)27)12-13-25(26)29(34)33-19-17-32(18-20-33)16-14-22-7-3-2-4-8-22/h2-5,7-9,11-13,15,21,31H,6,10,14,16-20H2,1H3. The molecule has 0 radical (unpaired) electrons. The van der Waals surface area contributed by atoms with Crippen LogP contribution < -0.4 is 9.46 Å². The predicted molar refractivity (Wildman–Crippen MR) is 149 cm³/mol. The van der Waals surface area contributed by atoms with Crippen molar-refractivity contribution in [3.8, 4) is 5.75 Å². The van der Waals surface area contributed by atoms with E-state index in [-0.39, 0.29) is 10.8 Å². The van der Waals surface area contributed by atoms with Crippen LogP contribution in [-0.2, 0) is 22.9 Å². The van der Waals surface area contributed by atoms with Crippen LogP contribution in [0.4, 0.5) is 11.4 Å². The van der Waals surface area contributed by atoms with Crippen LogP contribution in [0.2, 0.25) is 0 Å². The summed E-state index contributed by atoms with van der Waals surface area (Å²) >= 11 is 0. The molecule has 3 aromatic rings. The number of methoxy groups -OCH3 is 1. The maximum atomic E-state index is 13.3. The van der Waals surface area contributed by atoms with E-state index >= 15 is 0 Å². The van der Waals surface area contributed by atoms with Gasteiger partial charge in [0.05, 0.1) is 24.0 Å². The van der Waals surface area contributed by atoms with Crippen LogP contribution in [0.5, 0.6) is 5.75 Å². The largest absolute Gasteiger partial charge is 0.496 e. The number of aryl methyl sites for hydroxylation is 1. The fraction of sp³-hybridized carbons (Fsp3) is 0.310. The first-order valence-corrected chi connectivity index (χ1v) is 14.3. The van der Waals surface area contributed by atoms with Crippen molar-refractivity contribution in [3.63, 3.8) is 0 Å². The first-order valence-electron chi connectivity index (χ1n) is 12.9. The number of ether oxygens (including phenoxy) is 1. The molecule has 1 saturated heterocycles. The van der Waals surface area contributed by atoms with Crippen molar-refractivity contribution in [2.45, 2.75) is 24.2 Å². The maximum Gasteiger partial charge on any atom is 0.264 e. The van der Waals surface area contributed by atoms with E-state index in [9.17, 15) is 13.2 Å². The zero-order chi connectivity index (χ0) is 26.5. The second kappa shape index (κ2) is 11.4. The van der Waals surface area contributed by atoms with Crippen LogP contribution >= 0.6 is 0 Å². The highest BCUT2D eigenvalue weighted by Gasteiger charge is 2.26. The number of hydrogen-bond acceptors (Lipinski definition) is 6. The number of fused-ring (bicyclic) bond motifs is 1. The second-order valence-electron chi connectivity index (χ2n) is 9.50. The van der Waals surface area contributed by atoms with Crippen molar-refractivity contribution in [2.75, 3.05) is 44.6 Å². The number of benzene rings is 3. The number of hydrogen-bond donors (Lipinski definition) is 1. The van der Waals surface area contributed by atoms with Crippen molar-refractivity contribution in [1.29, 1.82) is 0 Å². The Balaban J connectivity index is 1.24. The molecule has 0 unspecified atom stereocenters. The average Bonchev–Trinajstić information content (AvgIpc) is 2.96. The van der Waals surface area contributed by atoms with Gasteiger partial charge in [0.15, 0.2) is 0 Å². The molecule has 38 heavy (non-hydrogen) atoms. The lowest BCUT2D eigenvalue weighted by Gasteiger charge is -2.35. The number of anilines is 1. The highest BCUT2D eigenvalue weighted by atomic mass is 32.2. The number of aliphatic imine (C=N–C) groups is 1. The monoisotopic (exact) mass is 532 g/mol. The SMILES string of the molecule is COc1cc(NS(=O)(=O)c2cccc3c2N=CCC3)ccc1C(=O)N1CCN(CCc2ccccc2)CC1. The highest BCUT2D eigenvalue weighted by molar-refractivity contribution is 7.92. The zero-order valence-corrected chi connectivity index (χ0v) is 22.3. The Morgan fingerprint density at radius 3 is 2.55 bits per heavy atom. The summed E-state index contributed by atoms with van der Waals surface area (Å²) < 4.78 is 34.5. The summed E-state index contributed by atoms with van der Waals surface area (Å²) in [5.74, 6) is 0.209. The summed E-state index contributed by atoms with van der Waals surface area (Å²) in [6.07, 6.45) is 4.28. The number of amides is 1. The van der Waals surface area contributed by atoms with Gasteiger partial charge in [0.1, 0.15) is 10.6 Å². The van der Waals surface area contributed by atoms with Gasteiger partial charge in [-0.1, -0.05) is 42.5 Å². The van der Waals surface area contributed by atoms with Gasteiger partial charge in [-0.15, -0.1) is 0 Å². The molecule has 2 aliphatic rings. The molecule has 9 heteroatoms. The Kier molecular flexibility index (Phi) is 7.76. The predicted octanol–water partition coefficient (Wildman–Crippen LogP) is 4.15. The molecule has 1 fully saturated rings.